The molecule has 1 aromatic carbocycles. The topological polar surface area (TPSA) is 78.7 Å². The Morgan fingerprint density at radius 1 is 1.24 bits per heavy atom. The lowest BCUT2D eigenvalue weighted by Gasteiger charge is -2.37. The highest BCUT2D eigenvalue weighted by Crippen LogP contribution is 2.36. The molecule has 0 spiro atoms. The molecule has 3 aromatic heterocycles. The number of carbonyl (C=O) groups excluding carboxylic acids is 1. The number of piperazine rings is 1. The van der Waals surface area contributed by atoms with E-state index in [9.17, 15) is 9.18 Å². The minimum absolute atomic E-state index is 0.0766. The van der Waals surface area contributed by atoms with E-state index in [1.165, 1.54) is 42.0 Å². The third-order valence-electron chi connectivity index (χ3n) is 6.48. The highest BCUT2D eigenvalue weighted by atomic mass is 32.2. The molecule has 1 aliphatic carbocycles. The van der Waals surface area contributed by atoms with Gasteiger partial charge in [0.05, 0.1) is 27.4 Å². The number of hydrogen-bond donors (Lipinski definition) is 1. The zero-order valence-corrected chi connectivity index (χ0v) is 20.3. The summed E-state index contributed by atoms with van der Waals surface area (Å²) in [6, 6.07) is 5.54. The molecule has 176 valence electrons. The lowest BCUT2D eigenvalue weighted by molar-refractivity contribution is -0.121. The minimum Gasteiger partial charge on any atom is -0.301 e. The summed E-state index contributed by atoms with van der Waals surface area (Å²) in [6.45, 7) is 5.77. The summed E-state index contributed by atoms with van der Waals surface area (Å²) in [7, 11) is 0. The summed E-state index contributed by atoms with van der Waals surface area (Å²) in [6.07, 6.45) is 7.82. The Balaban J connectivity index is 1.15. The van der Waals surface area contributed by atoms with Gasteiger partial charge in [0, 0.05) is 50.7 Å². The molecule has 11 heteroatoms. The van der Waals surface area contributed by atoms with Crippen molar-refractivity contribution in [2.75, 3.05) is 31.5 Å². The van der Waals surface area contributed by atoms with Crippen molar-refractivity contribution >= 4 is 50.1 Å². The number of imidazole rings is 1. The second kappa shape index (κ2) is 8.88. The molecule has 1 aliphatic heterocycles. The van der Waals surface area contributed by atoms with Crippen molar-refractivity contribution in [1.29, 1.82) is 0 Å². The van der Waals surface area contributed by atoms with Crippen molar-refractivity contribution < 1.29 is 9.18 Å². The third-order valence-corrected chi connectivity index (χ3v) is 8.46. The SMILES string of the molecule is CC(C(=O)Nc1nc2cc(F)c(Sc3cnc4ncccn34)cc2s1)N1CCN(C2CC2)CC1. The maximum atomic E-state index is 14.8. The number of nitrogens with one attached hydrogen (secondary N) is 1. The van der Waals surface area contributed by atoms with Gasteiger partial charge in [-0.15, -0.1) is 0 Å². The Kier molecular flexibility index (Phi) is 5.72. The van der Waals surface area contributed by atoms with Crippen LogP contribution in [0.2, 0.25) is 0 Å². The van der Waals surface area contributed by atoms with Gasteiger partial charge in [-0.05, 0) is 31.9 Å². The first-order chi connectivity index (χ1) is 16.5. The van der Waals surface area contributed by atoms with Gasteiger partial charge >= 0.3 is 0 Å². The van der Waals surface area contributed by atoms with E-state index in [1.807, 2.05) is 23.6 Å². The van der Waals surface area contributed by atoms with Crippen molar-refractivity contribution in [2.45, 2.75) is 41.8 Å². The number of hydrogen-bond acceptors (Lipinski definition) is 8. The number of thiazole rings is 1. The predicted molar refractivity (Wildman–Crippen MR) is 131 cm³/mol. The number of carbonyl (C=O) groups is 1. The number of rotatable bonds is 6. The van der Waals surface area contributed by atoms with Gasteiger partial charge in [0.1, 0.15) is 10.8 Å². The fourth-order valence-electron chi connectivity index (χ4n) is 4.36. The summed E-state index contributed by atoms with van der Waals surface area (Å²) < 4.78 is 17.5. The summed E-state index contributed by atoms with van der Waals surface area (Å²) in [5.74, 6) is 0.131. The van der Waals surface area contributed by atoms with E-state index < -0.39 is 0 Å². The number of aromatic nitrogens is 4. The van der Waals surface area contributed by atoms with Gasteiger partial charge in [-0.1, -0.05) is 23.1 Å². The van der Waals surface area contributed by atoms with Crippen LogP contribution < -0.4 is 5.32 Å². The summed E-state index contributed by atoms with van der Waals surface area (Å²) >= 11 is 2.64. The van der Waals surface area contributed by atoms with Crippen LogP contribution >= 0.6 is 23.1 Å². The van der Waals surface area contributed by atoms with Crippen LogP contribution in [0, 0.1) is 5.82 Å². The van der Waals surface area contributed by atoms with Crippen LogP contribution in [0.3, 0.4) is 0 Å². The number of anilines is 1. The number of benzene rings is 1. The second-order valence-corrected chi connectivity index (χ2v) is 10.8. The first kappa shape index (κ1) is 21.9. The van der Waals surface area contributed by atoms with Crippen LogP contribution in [-0.2, 0) is 4.79 Å². The Hall–Kier alpha value is -2.60. The van der Waals surface area contributed by atoms with E-state index in [0.717, 1.165) is 41.9 Å². The van der Waals surface area contributed by atoms with E-state index in [2.05, 4.69) is 30.1 Å². The van der Waals surface area contributed by atoms with Crippen molar-refractivity contribution in [3.63, 3.8) is 0 Å². The predicted octanol–water partition coefficient (Wildman–Crippen LogP) is 3.74. The Bertz CT molecular complexity index is 1360. The van der Waals surface area contributed by atoms with Crippen LogP contribution in [0.5, 0.6) is 0 Å². The fraction of sp³-hybridized carbons (Fsp3) is 0.391. The molecule has 1 unspecified atom stereocenters. The Morgan fingerprint density at radius 3 is 2.85 bits per heavy atom. The molecule has 1 saturated heterocycles. The molecule has 8 nitrogen and oxygen atoms in total. The van der Waals surface area contributed by atoms with E-state index in [-0.39, 0.29) is 17.8 Å². The number of nitrogens with zero attached hydrogens (tertiary/aromatic N) is 6. The van der Waals surface area contributed by atoms with Crippen molar-refractivity contribution in [1.82, 2.24) is 29.2 Å². The lowest BCUT2D eigenvalue weighted by atomic mass is 10.2. The highest BCUT2D eigenvalue weighted by Gasteiger charge is 2.33. The van der Waals surface area contributed by atoms with Gasteiger partial charge in [-0.3, -0.25) is 19.0 Å². The molecule has 34 heavy (non-hydrogen) atoms. The van der Waals surface area contributed by atoms with Gasteiger partial charge < -0.3 is 5.32 Å². The van der Waals surface area contributed by atoms with E-state index in [4.69, 9.17) is 0 Å². The highest BCUT2D eigenvalue weighted by molar-refractivity contribution is 7.99. The number of amides is 1. The van der Waals surface area contributed by atoms with Gasteiger partial charge in [0.25, 0.3) is 0 Å². The second-order valence-electron chi connectivity index (χ2n) is 8.73. The standard InChI is InChI=1S/C23H24FN7OS2/c1-14(29-7-9-30(10-8-29)15-3-4-15)21(32)28-23-27-17-11-16(24)18(12-19(17)34-23)33-20-13-26-22-25-5-2-6-31(20)22/h2,5-6,11-15H,3-4,7-10H2,1H3,(H,27,28,32). The molecule has 1 amide bonds. The maximum Gasteiger partial charge on any atom is 0.243 e. The largest absolute Gasteiger partial charge is 0.301 e. The van der Waals surface area contributed by atoms with Crippen LogP contribution in [0.25, 0.3) is 16.0 Å². The van der Waals surface area contributed by atoms with Crippen LogP contribution in [-0.4, -0.2) is 73.3 Å². The van der Waals surface area contributed by atoms with E-state index in [0.29, 0.717) is 21.3 Å². The summed E-state index contributed by atoms with van der Waals surface area (Å²) in [5, 5.41) is 4.21. The molecule has 2 aliphatic rings. The van der Waals surface area contributed by atoms with E-state index in [1.54, 1.807) is 18.5 Å². The maximum absolute atomic E-state index is 14.8. The van der Waals surface area contributed by atoms with Crippen molar-refractivity contribution in [3.05, 3.63) is 42.6 Å². The van der Waals surface area contributed by atoms with Gasteiger partial charge in [0.2, 0.25) is 11.7 Å². The molecule has 1 N–H and O–H groups in total. The van der Waals surface area contributed by atoms with Crippen LogP contribution in [0.1, 0.15) is 19.8 Å². The van der Waals surface area contributed by atoms with E-state index >= 15 is 0 Å². The molecule has 4 aromatic rings. The molecule has 0 bridgehead atoms. The molecule has 6 rings (SSSR count). The summed E-state index contributed by atoms with van der Waals surface area (Å²) in [5.41, 5.74) is 0.535. The summed E-state index contributed by atoms with van der Waals surface area (Å²) in [4.78, 5) is 31.0. The Labute approximate surface area is 204 Å². The zero-order valence-electron chi connectivity index (χ0n) is 18.6. The molecule has 2 fully saturated rings. The first-order valence-electron chi connectivity index (χ1n) is 11.4. The van der Waals surface area contributed by atoms with Crippen LogP contribution in [0.15, 0.2) is 46.7 Å². The van der Waals surface area contributed by atoms with Crippen molar-refractivity contribution in [2.24, 2.45) is 0 Å². The average Bonchev–Trinajstić information content (AvgIpc) is 3.52. The third kappa shape index (κ3) is 4.28. The molecule has 4 heterocycles. The molecule has 0 radical (unpaired) electrons. The number of fused-ring (bicyclic) bond motifs is 2. The minimum atomic E-state index is -0.360. The van der Waals surface area contributed by atoms with Gasteiger partial charge in [0.15, 0.2) is 5.13 Å². The smallest absolute Gasteiger partial charge is 0.243 e. The first-order valence-corrected chi connectivity index (χ1v) is 13.0. The monoisotopic (exact) mass is 497 g/mol. The van der Waals surface area contributed by atoms with Gasteiger partial charge in [-0.25, -0.2) is 19.3 Å². The molecular weight excluding hydrogens is 473 g/mol. The van der Waals surface area contributed by atoms with Gasteiger partial charge in [-0.2, -0.15) is 0 Å². The van der Waals surface area contributed by atoms with Crippen molar-refractivity contribution in [3.8, 4) is 0 Å². The van der Waals surface area contributed by atoms with Crippen LogP contribution in [0.4, 0.5) is 9.52 Å². The lowest BCUT2D eigenvalue weighted by Crippen LogP contribution is -2.53. The molecule has 1 saturated carbocycles. The number of halogens is 1. The zero-order chi connectivity index (χ0) is 23.2. The molecule has 1 atom stereocenters. The quantitative estimate of drug-likeness (QED) is 0.435. The Morgan fingerprint density at radius 2 is 2.06 bits per heavy atom. The normalized spacial score (nSPS) is 18.5. The average molecular weight is 498 g/mol. The molecular formula is C23H24FN7OS2. The fourth-order valence-corrected chi connectivity index (χ4v) is 6.23.